The molecule has 3 heteroatoms. The van der Waals surface area contributed by atoms with Crippen molar-refractivity contribution >= 4 is 23.2 Å². The highest BCUT2D eigenvalue weighted by Crippen LogP contribution is 2.22. The van der Waals surface area contributed by atoms with E-state index in [9.17, 15) is 0 Å². The van der Waals surface area contributed by atoms with E-state index in [1.54, 1.807) is 6.07 Å². The number of hydrogen-bond acceptors (Lipinski definition) is 1. The summed E-state index contributed by atoms with van der Waals surface area (Å²) >= 11 is 12.0. The van der Waals surface area contributed by atoms with Crippen molar-refractivity contribution in [1.82, 2.24) is 5.32 Å². The summed E-state index contributed by atoms with van der Waals surface area (Å²) in [6.45, 7) is 0. The van der Waals surface area contributed by atoms with Crippen molar-refractivity contribution in [2.24, 2.45) is 0 Å². The third-order valence-corrected chi connectivity index (χ3v) is 3.35. The van der Waals surface area contributed by atoms with Crippen molar-refractivity contribution in [2.45, 2.75) is 31.7 Å². The van der Waals surface area contributed by atoms with Gasteiger partial charge in [-0.15, -0.1) is 12.3 Å². The first-order valence-corrected chi connectivity index (χ1v) is 6.47. The lowest BCUT2D eigenvalue weighted by Gasteiger charge is -2.16. The topological polar surface area (TPSA) is 12.0 Å². The summed E-state index contributed by atoms with van der Waals surface area (Å²) in [6, 6.07) is 6.04. The van der Waals surface area contributed by atoms with Gasteiger partial charge in [-0.1, -0.05) is 29.3 Å². The number of hydrogen-bond donors (Lipinski definition) is 1. The third-order valence-electron chi connectivity index (χ3n) is 2.76. The molecule has 0 aromatic heterocycles. The summed E-state index contributed by atoms with van der Waals surface area (Å²) in [5.41, 5.74) is 1.12. The molecule has 1 rings (SSSR count). The molecule has 0 spiro atoms. The second-order valence-electron chi connectivity index (χ2n) is 4.02. The predicted octanol–water partition coefficient (Wildman–Crippen LogP) is 3.93. The van der Waals surface area contributed by atoms with Crippen LogP contribution >= 0.6 is 23.2 Å². The minimum Gasteiger partial charge on any atom is -0.317 e. The molecule has 0 fully saturated rings. The van der Waals surface area contributed by atoms with Gasteiger partial charge in [-0.2, -0.15) is 0 Å². The van der Waals surface area contributed by atoms with Gasteiger partial charge >= 0.3 is 0 Å². The zero-order valence-corrected chi connectivity index (χ0v) is 11.5. The Morgan fingerprint density at radius 3 is 2.76 bits per heavy atom. The molecule has 17 heavy (non-hydrogen) atoms. The second-order valence-corrected chi connectivity index (χ2v) is 4.87. The minimum atomic E-state index is 0.405. The van der Waals surface area contributed by atoms with Gasteiger partial charge in [-0.3, -0.25) is 0 Å². The molecular weight excluding hydrogens is 253 g/mol. The predicted molar refractivity (Wildman–Crippen MR) is 75.7 cm³/mol. The zero-order chi connectivity index (χ0) is 12.7. The van der Waals surface area contributed by atoms with E-state index in [0.29, 0.717) is 11.1 Å². The molecule has 1 aromatic rings. The lowest BCUT2D eigenvalue weighted by atomic mass is 10.0. The molecule has 0 aliphatic carbocycles. The fourth-order valence-electron chi connectivity index (χ4n) is 1.75. The Hall–Kier alpha value is -0.680. The summed E-state index contributed by atoms with van der Waals surface area (Å²) in [5, 5.41) is 4.70. The van der Waals surface area contributed by atoms with E-state index < -0.39 is 0 Å². The van der Waals surface area contributed by atoms with E-state index in [0.717, 1.165) is 36.3 Å². The maximum atomic E-state index is 6.15. The van der Waals surface area contributed by atoms with Crippen LogP contribution in [0.1, 0.15) is 24.8 Å². The van der Waals surface area contributed by atoms with E-state index in [1.165, 1.54) is 0 Å². The summed E-state index contributed by atoms with van der Waals surface area (Å²) in [5.74, 6) is 2.66. The van der Waals surface area contributed by atoms with E-state index in [1.807, 2.05) is 19.2 Å². The van der Waals surface area contributed by atoms with E-state index in [-0.39, 0.29) is 0 Å². The van der Waals surface area contributed by atoms with Gasteiger partial charge in [0.05, 0.1) is 0 Å². The van der Waals surface area contributed by atoms with Crippen LogP contribution in [0.5, 0.6) is 0 Å². The number of benzene rings is 1. The second kappa shape index (κ2) is 7.61. The van der Waals surface area contributed by atoms with Gasteiger partial charge in [0, 0.05) is 22.5 Å². The quantitative estimate of drug-likeness (QED) is 0.610. The highest BCUT2D eigenvalue weighted by atomic mass is 35.5. The molecule has 0 amide bonds. The Morgan fingerprint density at radius 2 is 2.18 bits per heavy atom. The zero-order valence-electron chi connectivity index (χ0n) is 9.97. The first-order valence-electron chi connectivity index (χ1n) is 5.72. The molecule has 0 saturated heterocycles. The fraction of sp³-hybridized carbons (Fsp3) is 0.429. The molecule has 0 saturated carbocycles. The maximum Gasteiger partial charge on any atom is 0.0453 e. The first-order chi connectivity index (χ1) is 8.17. The number of unbranched alkanes of at least 4 members (excludes halogenated alkanes) is 1. The van der Waals surface area contributed by atoms with Crippen LogP contribution in [-0.4, -0.2) is 13.1 Å². The van der Waals surface area contributed by atoms with Crippen molar-refractivity contribution in [3.8, 4) is 12.3 Å². The van der Waals surface area contributed by atoms with Gasteiger partial charge < -0.3 is 5.32 Å². The summed E-state index contributed by atoms with van der Waals surface area (Å²) < 4.78 is 0. The van der Waals surface area contributed by atoms with Gasteiger partial charge in [-0.05, 0) is 44.0 Å². The van der Waals surface area contributed by atoms with Crippen LogP contribution in [0.2, 0.25) is 10.0 Å². The molecule has 1 N–H and O–H groups in total. The van der Waals surface area contributed by atoms with Crippen LogP contribution in [0.3, 0.4) is 0 Å². The number of terminal acetylenes is 1. The number of halogens is 2. The molecule has 1 atom stereocenters. The molecule has 1 aromatic carbocycles. The van der Waals surface area contributed by atoms with E-state index >= 15 is 0 Å². The molecule has 0 aliphatic rings. The molecule has 92 valence electrons. The molecule has 0 bridgehead atoms. The standard InChI is InChI=1S/C14H17Cl2N/c1-3-4-5-6-13(17-2)9-11-7-8-12(15)10-14(11)16/h1,7-8,10,13,17H,4-6,9H2,2H3. The number of likely N-dealkylation sites (N-methyl/N-ethyl adjacent to an activating group) is 1. The molecular formula is C14H17Cl2N. The van der Waals surface area contributed by atoms with Gasteiger partial charge in [0.1, 0.15) is 0 Å². The largest absolute Gasteiger partial charge is 0.317 e. The number of nitrogens with one attached hydrogen (secondary N) is 1. The molecule has 0 radical (unpaired) electrons. The lowest BCUT2D eigenvalue weighted by molar-refractivity contribution is 0.506. The maximum absolute atomic E-state index is 6.15. The first kappa shape index (κ1) is 14.4. The number of rotatable bonds is 6. The fourth-order valence-corrected chi connectivity index (χ4v) is 2.24. The average Bonchev–Trinajstić information content (AvgIpc) is 2.31. The van der Waals surface area contributed by atoms with Crippen LogP contribution in [0, 0.1) is 12.3 Å². The normalized spacial score (nSPS) is 12.1. The monoisotopic (exact) mass is 269 g/mol. The van der Waals surface area contributed by atoms with Crippen LogP contribution < -0.4 is 5.32 Å². The lowest BCUT2D eigenvalue weighted by Crippen LogP contribution is -2.27. The Kier molecular flexibility index (Phi) is 6.44. The highest BCUT2D eigenvalue weighted by molar-refractivity contribution is 6.35. The van der Waals surface area contributed by atoms with Crippen LogP contribution in [0.15, 0.2) is 18.2 Å². The third kappa shape index (κ3) is 5.00. The summed E-state index contributed by atoms with van der Waals surface area (Å²) in [4.78, 5) is 0. The van der Waals surface area contributed by atoms with Gasteiger partial charge in [0.2, 0.25) is 0 Å². The molecule has 0 aliphatic heterocycles. The SMILES string of the molecule is C#CCCCC(Cc1ccc(Cl)cc1Cl)NC. The summed E-state index contributed by atoms with van der Waals surface area (Å²) in [7, 11) is 1.96. The molecule has 1 unspecified atom stereocenters. The van der Waals surface area contributed by atoms with Crippen LogP contribution in [0.4, 0.5) is 0 Å². The Balaban J connectivity index is 2.58. The van der Waals surface area contributed by atoms with Crippen molar-refractivity contribution < 1.29 is 0 Å². The average molecular weight is 270 g/mol. The van der Waals surface area contributed by atoms with Crippen LogP contribution in [-0.2, 0) is 6.42 Å². The minimum absolute atomic E-state index is 0.405. The van der Waals surface area contributed by atoms with Crippen molar-refractivity contribution in [1.29, 1.82) is 0 Å². The molecule has 0 heterocycles. The highest BCUT2D eigenvalue weighted by Gasteiger charge is 2.09. The van der Waals surface area contributed by atoms with E-state index in [2.05, 4.69) is 11.2 Å². The van der Waals surface area contributed by atoms with Gasteiger partial charge in [0.15, 0.2) is 0 Å². The van der Waals surface area contributed by atoms with E-state index in [4.69, 9.17) is 29.6 Å². The van der Waals surface area contributed by atoms with Gasteiger partial charge in [-0.25, -0.2) is 0 Å². The molecule has 1 nitrogen and oxygen atoms in total. The van der Waals surface area contributed by atoms with Crippen LogP contribution in [0.25, 0.3) is 0 Å². The van der Waals surface area contributed by atoms with Gasteiger partial charge in [0.25, 0.3) is 0 Å². The smallest absolute Gasteiger partial charge is 0.0453 e. The van der Waals surface area contributed by atoms with Crippen molar-refractivity contribution in [3.05, 3.63) is 33.8 Å². The van der Waals surface area contributed by atoms with Crippen molar-refractivity contribution in [3.63, 3.8) is 0 Å². The Morgan fingerprint density at radius 1 is 1.41 bits per heavy atom. The Labute approximate surface area is 114 Å². The summed E-state index contributed by atoms with van der Waals surface area (Å²) in [6.07, 6.45) is 9.06. The Bertz CT molecular complexity index is 396. The van der Waals surface area contributed by atoms with Crippen molar-refractivity contribution in [2.75, 3.05) is 7.05 Å².